The number of likely N-dealkylation sites (tertiary alicyclic amines) is 1. The Morgan fingerprint density at radius 3 is 2.71 bits per heavy atom. The largest absolute Gasteiger partial charge is 0.496 e. The van der Waals surface area contributed by atoms with Crippen LogP contribution in [0, 0.1) is 5.41 Å². The zero-order valence-corrected chi connectivity index (χ0v) is 13.2. The minimum Gasteiger partial charge on any atom is -0.496 e. The SMILES string of the molecule is COc1ccc(Cl)cc1CN1CCC(C)(/C(N)=N/O)CC1. The molecule has 0 radical (unpaired) electrons. The normalized spacial score (nSPS) is 19.5. The minimum atomic E-state index is -0.219. The second-order valence-electron chi connectivity index (χ2n) is 5.78. The molecule has 5 nitrogen and oxygen atoms in total. The molecule has 0 aliphatic carbocycles. The fourth-order valence-corrected chi connectivity index (χ4v) is 2.89. The highest BCUT2D eigenvalue weighted by molar-refractivity contribution is 6.30. The van der Waals surface area contributed by atoms with Gasteiger partial charge in [0.15, 0.2) is 0 Å². The lowest BCUT2D eigenvalue weighted by molar-refractivity contribution is 0.152. The molecule has 1 aromatic carbocycles. The number of hydrogen-bond acceptors (Lipinski definition) is 4. The van der Waals surface area contributed by atoms with Crippen molar-refractivity contribution in [3.05, 3.63) is 28.8 Å². The first-order valence-electron chi connectivity index (χ1n) is 7.01. The maximum Gasteiger partial charge on any atom is 0.145 e. The van der Waals surface area contributed by atoms with Crippen LogP contribution in [0.3, 0.4) is 0 Å². The van der Waals surface area contributed by atoms with Crippen molar-refractivity contribution in [1.82, 2.24) is 4.90 Å². The van der Waals surface area contributed by atoms with Crippen LogP contribution < -0.4 is 10.5 Å². The highest BCUT2D eigenvalue weighted by atomic mass is 35.5. The average Bonchev–Trinajstić information content (AvgIpc) is 2.49. The Morgan fingerprint density at radius 1 is 1.48 bits per heavy atom. The van der Waals surface area contributed by atoms with Crippen LogP contribution in [0.4, 0.5) is 0 Å². The van der Waals surface area contributed by atoms with Crippen LogP contribution in [0.2, 0.25) is 5.02 Å². The molecule has 21 heavy (non-hydrogen) atoms. The number of oxime groups is 1. The topological polar surface area (TPSA) is 71.1 Å². The molecule has 3 N–H and O–H groups in total. The van der Waals surface area contributed by atoms with Crippen molar-refractivity contribution in [1.29, 1.82) is 0 Å². The lowest BCUT2D eigenvalue weighted by Gasteiger charge is -2.38. The van der Waals surface area contributed by atoms with Crippen molar-refractivity contribution in [2.24, 2.45) is 16.3 Å². The highest BCUT2D eigenvalue weighted by Crippen LogP contribution is 2.32. The van der Waals surface area contributed by atoms with E-state index in [-0.39, 0.29) is 5.41 Å². The van der Waals surface area contributed by atoms with E-state index in [4.69, 9.17) is 27.3 Å². The van der Waals surface area contributed by atoms with Gasteiger partial charge in [0, 0.05) is 22.5 Å². The fourth-order valence-electron chi connectivity index (χ4n) is 2.69. The highest BCUT2D eigenvalue weighted by Gasteiger charge is 2.34. The predicted octanol–water partition coefficient (Wildman–Crippen LogP) is 2.70. The molecule has 0 unspecified atom stereocenters. The Hall–Kier alpha value is -1.46. The Labute approximate surface area is 130 Å². The summed E-state index contributed by atoms with van der Waals surface area (Å²) in [6, 6.07) is 5.66. The molecule has 1 heterocycles. The van der Waals surface area contributed by atoms with E-state index < -0.39 is 0 Å². The van der Waals surface area contributed by atoms with E-state index in [0.717, 1.165) is 43.8 Å². The van der Waals surface area contributed by atoms with Gasteiger partial charge in [-0.25, -0.2) is 0 Å². The summed E-state index contributed by atoms with van der Waals surface area (Å²) < 4.78 is 5.38. The van der Waals surface area contributed by atoms with E-state index in [9.17, 15) is 0 Å². The first kappa shape index (κ1) is 15.9. The number of ether oxygens (including phenoxy) is 1. The number of halogens is 1. The summed E-state index contributed by atoms with van der Waals surface area (Å²) in [6.07, 6.45) is 1.73. The molecule has 0 bridgehead atoms. The van der Waals surface area contributed by atoms with Gasteiger partial charge in [-0.2, -0.15) is 0 Å². The summed E-state index contributed by atoms with van der Waals surface area (Å²) in [5, 5.41) is 12.8. The first-order chi connectivity index (χ1) is 9.98. The number of rotatable bonds is 4. The van der Waals surface area contributed by atoms with Gasteiger partial charge < -0.3 is 15.7 Å². The van der Waals surface area contributed by atoms with Crippen molar-refractivity contribution in [2.75, 3.05) is 20.2 Å². The van der Waals surface area contributed by atoms with E-state index in [1.165, 1.54) is 0 Å². The summed E-state index contributed by atoms with van der Waals surface area (Å²) in [5.74, 6) is 1.17. The monoisotopic (exact) mass is 311 g/mol. The van der Waals surface area contributed by atoms with Crippen LogP contribution in [0.5, 0.6) is 5.75 Å². The summed E-state index contributed by atoms with van der Waals surface area (Å²) in [4.78, 5) is 2.33. The van der Waals surface area contributed by atoms with Gasteiger partial charge in [0.05, 0.1) is 7.11 Å². The third-order valence-corrected chi connectivity index (χ3v) is 4.56. The molecule has 1 fully saturated rings. The first-order valence-corrected chi connectivity index (χ1v) is 7.39. The third-order valence-electron chi connectivity index (χ3n) is 4.32. The van der Waals surface area contributed by atoms with E-state index in [0.29, 0.717) is 10.9 Å². The van der Waals surface area contributed by atoms with Crippen molar-refractivity contribution >= 4 is 17.4 Å². The number of nitrogens with zero attached hydrogens (tertiary/aromatic N) is 2. The summed E-state index contributed by atoms with van der Waals surface area (Å²) in [7, 11) is 1.67. The molecule has 1 aliphatic heterocycles. The number of hydrogen-bond donors (Lipinski definition) is 2. The van der Waals surface area contributed by atoms with Gasteiger partial charge in [0.1, 0.15) is 11.6 Å². The van der Waals surface area contributed by atoms with Crippen LogP contribution in [0.15, 0.2) is 23.4 Å². The van der Waals surface area contributed by atoms with Gasteiger partial charge in [0.2, 0.25) is 0 Å². The average molecular weight is 312 g/mol. The number of amidine groups is 1. The van der Waals surface area contributed by atoms with Crippen molar-refractivity contribution in [2.45, 2.75) is 26.3 Å². The molecule has 0 atom stereocenters. The molecule has 116 valence electrons. The Bertz CT molecular complexity index is 526. The minimum absolute atomic E-state index is 0.219. The number of methoxy groups -OCH3 is 1. The standard InChI is InChI=1S/C15H22ClN3O2/c1-15(14(17)18-20)5-7-19(8-6-15)10-11-9-12(16)3-4-13(11)21-2/h3-4,9,20H,5-8,10H2,1-2H3,(H2,17,18). The molecule has 0 amide bonds. The summed E-state index contributed by atoms with van der Waals surface area (Å²) in [5.41, 5.74) is 6.65. The summed E-state index contributed by atoms with van der Waals surface area (Å²) >= 11 is 6.06. The molecule has 0 saturated carbocycles. The number of nitrogens with two attached hydrogens (primary N) is 1. The molecule has 2 rings (SSSR count). The van der Waals surface area contributed by atoms with Gasteiger partial charge in [-0.05, 0) is 44.1 Å². The molecule has 1 saturated heterocycles. The lowest BCUT2D eigenvalue weighted by atomic mass is 9.79. The van der Waals surface area contributed by atoms with Crippen molar-refractivity contribution < 1.29 is 9.94 Å². The number of benzene rings is 1. The van der Waals surface area contributed by atoms with Crippen LogP contribution in [-0.4, -0.2) is 36.1 Å². The maximum atomic E-state index is 8.87. The van der Waals surface area contributed by atoms with Crippen molar-refractivity contribution in [3.8, 4) is 5.75 Å². The Balaban J connectivity index is 2.03. The quantitative estimate of drug-likeness (QED) is 0.388. The van der Waals surface area contributed by atoms with Crippen LogP contribution in [0.25, 0.3) is 0 Å². The Kier molecular flexibility index (Phi) is 4.96. The molecular formula is C15H22ClN3O2. The van der Waals surface area contributed by atoms with E-state index in [2.05, 4.69) is 10.1 Å². The third kappa shape index (κ3) is 3.60. The van der Waals surface area contributed by atoms with Gasteiger partial charge in [-0.15, -0.1) is 0 Å². The van der Waals surface area contributed by atoms with Crippen LogP contribution >= 0.6 is 11.6 Å². The molecule has 1 aromatic rings. The maximum absolute atomic E-state index is 8.87. The predicted molar refractivity (Wildman–Crippen MR) is 84.0 cm³/mol. The zero-order chi connectivity index (χ0) is 15.5. The molecule has 1 aliphatic rings. The van der Waals surface area contributed by atoms with E-state index in [1.807, 2.05) is 25.1 Å². The molecular weight excluding hydrogens is 290 g/mol. The molecule has 0 spiro atoms. The lowest BCUT2D eigenvalue weighted by Crippen LogP contribution is -2.45. The summed E-state index contributed by atoms with van der Waals surface area (Å²) in [6.45, 7) is 4.61. The second-order valence-corrected chi connectivity index (χ2v) is 6.21. The molecule has 0 aromatic heterocycles. The Morgan fingerprint density at radius 2 is 2.14 bits per heavy atom. The van der Waals surface area contributed by atoms with Gasteiger partial charge in [-0.1, -0.05) is 23.7 Å². The van der Waals surface area contributed by atoms with E-state index in [1.54, 1.807) is 7.11 Å². The van der Waals surface area contributed by atoms with Crippen LogP contribution in [-0.2, 0) is 6.54 Å². The van der Waals surface area contributed by atoms with Gasteiger partial charge >= 0.3 is 0 Å². The second kappa shape index (κ2) is 6.54. The van der Waals surface area contributed by atoms with Crippen LogP contribution in [0.1, 0.15) is 25.3 Å². The zero-order valence-electron chi connectivity index (χ0n) is 12.5. The van der Waals surface area contributed by atoms with Gasteiger partial charge in [0.25, 0.3) is 0 Å². The van der Waals surface area contributed by atoms with Gasteiger partial charge in [-0.3, -0.25) is 4.90 Å². The smallest absolute Gasteiger partial charge is 0.145 e. The fraction of sp³-hybridized carbons (Fsp3) is 0.533. The van der Waals surface area contributed by atoms with E-state index >= 15 is 0 Å². The number of piperidine rings is 1. The van der Waals surface area contributed by atoms with Crippen molar-refractivity contribution in [3.63, 3.8) is 0 Å². The molecule has 6 heteroatoms.